The van der Waals surface area contributed by atoms with Crippen molar-refractivity contribution >= 4 is 27.3 Å². The second-order valence-electron chi connectivity index (χ2n) is 11.8. The Morgan fingerprint density at radius 3 is 2.22 bits per heavy atom. The van der Waals surface area contributed by atoms with Crippen molar-refractivity contribution in [1.82, 2.24) is 4.83 Å². The van der Waals surface area contributed by atoms with Gasteiger partial charge in [-0.05, 0) is 26.0 Å². The fourth-order valence-corrected chi connectivity index (χ4v) is 7.19. The first-order valence-corrected chi connectivity index (χ1v) is 16.1. The molecule has 0 amide bonds. The number of benzene rings is 3. The minimum atomic E-state index is -4.11. The predicted octanol–water partition coefficient (Wildman–Crippen LogP) is 1.79. The number of aliphatic hydroxyl groups is 2. The summed E-state index contributed by atoms with van der Waals surface area (Å²) < 4.78 is 37.7. The van der Waals surface area contributed by atoms with Gasteiger partial charge >= 0.3 is 0 Å². The number of sulfonamides is 1. The Morgan fingerprint density at radius 2 is 1.61 bits per heavy atom. The van der Waals surface area contributed by atoms with Gasteiger partial charge in [0.1, 0.15) is 17.1 Å². The summed E-state index contributed by atoms with van der Waals surface area (Å²) in [6.45, 7) is 2.98. The van der Waals surface area contributed by atoms with Gasteiger partial charge in [0.15, 0.2) is 17.9 Å². The number of phenols is 2. The van der Waals surface area contributed by atoms with Crippen LogP contribution in [0.1, 0.15) is 75.8 Å². The van der Waals surface area contributed by atoms with E-state index in [-0.39, 0.29) is 45.7 Å². The van der Waals surface area contributed by atoms with E-state index in [2.05, 4.69) is 9.93 Å². The van der Waals surface area contributed by atoms with E-state index in [1.165, 1.54) is 43.3 Å². The maximum Gasteiger partial charge on any atom is 0.276 e. The van der Waals surface area contributed by atoms with Gasteiger partial charge in [-0.25, -0.2) is 4.83 Å². The Hall–Kier alpha value is -4.18. The molecule has 242 valence electrons. The van der Waals surface area contributed by atoms with Gasteiger partial charge < -0.3 is 35.6 Å². The number of nitrogens with one attached hydrogen (secondary N) is 1. The summed E-state index contributed by atoms with van der Waals surface area (Å²) in [6, 6.07) is 12.8. The number of hydrazone groups is 1. The Bertz CT molecular complexity index is 1870. The second kappa shape index (κ2) is 11.6. The van der Waals surface area contributed by atoms with Gasteiger partial charge in [-0.2, -0.15) is 13.5 Å². The van der Waals surface area contributed by atoms with Gasteiger partial charge in [0, 0.05) is 47.6 Å². The van der Waals surface area contributed by atoms with Crippen LogP contribution in [0.5, 0.6) is 11.5 Å². The standard InChI is InChI=1S/C32H33N3O10S/c1-15-27(36)21(33)12-23(44-15)45-22-14-32(41,16(2)34-35-46(42,43)17-8-4-3-5-9-17)13-20-24(22)31(40)26-25(30(20)39)28(37)18-10-6-7-11-19(18)29(26)38/h3-11,15,21-23,27,35-36,39-41H,12-14,33H2,1-2H3/b34-16+/t15-,21-,22+,23-,27+,32+/m1/s1. The molecular formula is C32H33N3O10S. The van der Waals surface area contributed by atoms with E-state index in [4.69, 9.17) is 15.2 Å². The number of ketones is 2. The first kappa shape index (κ1) is 31.8. The molecule has 7 N–H and O–H groups in total. The van der Waals surface area contributed by atoms with Crippen molar-refractivity contribution in [2.24, 2.45) is 10.8 Å². The number of carbonyl (C=O) groups is 2. The summed E-state index contributed by atoms with van der Waals surface area (Å²) in [6.07, 6.45) is -4.76. The molecule has 0 unspecified atom stereocenters. The molecule has 46 heavy (non-hydrogen) atoms. The minimum Gasteiger partial charge on any atom is -0.507 e. The maximum atomic E-state index is 13.6. The molecule has 13 nitrogen and oxygen atoms in total. The van der Waals surface area contributed by atoms with Gasteiger partial charge in [0.05, 0.1) is 40.0 Å². The maximum absolute atomic E-state index is 13.6. The molecule has 1 fully saturated rings. The zero-order valence-electron chi connectivity index (χ0n) is 24.9. The topological polar surface area (TPSA) is 218 Å². The van der Waals surface area contributed by atoms with Crippen LogP contribution in [0.4, 0.5) is 0 Å². The van der Waals surface area contributed by atoms with E-state index in [9.17, 15) is 38.4 Å². The molecular weight excluding hydrogens is 618 g/mol. The molecule has 1 aliphatic heterocycles. The summed E-state index contributed by atoms with van der Waals surface area (Å²) in [7, 11) is -4.11. The van der Waals surface area contributed by atoms with E-state index in [1.807, 2.05) is 0 Å². The Labute approximate surface area is 264 Å². The number of ether oxygens (including phenoxy) is 2. The van der Waals surface area contributed by atoms with Crippen LogP contribution in [-0.4, -0.2) is 76.3 Å². The molecule has 3 aromatic carbocycles. The summed E-state index contributed by atoms with van der Waals surface area (Å²) in [4.78, 5) is 29.2. The quantitative estimate of drug-likeness (QED) is 0.100. The highest BCUT2D eigenvalue weighted by atomic mass is 32.2. The minimum absolute atomic E-state index is 0.0300. The monoisotopic (exact) mass is 651 g/mol. The van der Waals surface area contributed by atoms with E-state index in [1.54, 1.807) is 25.1 Å². The number of phenolic OH excluding ortho intramolecular Hbond substituents is 2. The van der Waals surface area contributed by atoms with Crippen molar-refractivity contribution in [2.75, 3.05) is 0 Å². The summed E-state index contributed by atoms with van der Waals surface area (Å²) >= 11 is 0. The third kappa shape index (κ3) is 5.26. The molecule has 0 saturated carbocycles. The molecule has 0 radical (unpaired) electrons. The smallest absolute Gasteiger partial charge is 0.276 e. The van der Waals surface area contributed by atoms with Gasteiger partial charge in [-0.15, -0.1) is 0 Å². The normalized spacial score (nSPS) is 27.8. The first-order valence-electron chi connectivity index (χ1n) is 14.6. The Kier molecular flexibility index (Phi) is 7.99. The van der Waals surface area contributed by atoms with Crippen molar-refractivity contribution in [1.29, 1.82) is 0 Å². The van der Waals surface area contributed by atoms with Crippen LogP contribution in [0, 0.1) is 0 Å². The number of aromatic hydroxyl groups is 2. The van der Waals surface area contributed by atoms with E-state index in [0.717, 1.165) is 0 Å². The molecule has 2 aliphatic carbocycles. The molecule has 0 aromatic heterocycles. The molecule has 14 heteroatoms. The lowest BCUT2D eigenvalue weighted by Gasteiger charge is -2.42. The lowest BCUT2D eigenvalue weighted by Crippen LogP contribution is -2.52. The Balaban J connectivity index is 1.45. The fraction of sp³-hybridized carbons (Fsp3) is 0.344. The van der Waals surface area contributed by atoms with Crippen LogP contribution >= 0.6 is 0 Å². The molecule has 1 heterocycles. The molecule has 1 saturated heterocycles. The fourth-order valence-electron chi connectivity index (χ4n) is 6.32. The molecule has 0 spiro atoms. The molecule has 6 atom stereocenters. The van der Waals surface area contributed by atoms with Crippen LogP contribution in [-0.2, 0) is 25.9 Å². The van der Waals surface area contributed by atoms with Crippen LogP contribution in [0.25, 0.3) is 0 Å². The van der Waals surface area contributed by atoms with Crippen molar-refractivity contribution in [3.8, 4) is 11.5 Å². The number of carbonyl (C=O) groups excluding carboxylic acids is 2. The molecule has 3 aromatic rings. The highest BCUT2D eigenvalue weighted by Gasteiger charge is 2.48. The van der Waals surface area contributed by atoms with Crippen molar-refractivity contribution in [3.05, 3.63) is 88.0 Å². The number of hydrogen-bond acceptors (Lipinski definition) is 12. The lowest BCUT2D eigenvalue weighted by molar-refractivity contribution is -0.245. The SMILES string of the molecule is C/C(=N\NS(=O)(=O)c1ccccc1)[C@]1(O)Cc2c(O)c3c(c(O)c2[C@@H](O[C@@H]2C[C@@H](N)[C@@H](O)[C@@H](C)O2)C1)C(=O)c1ccccc1C3=O. The van der Waals surface area contributed by atoms with Crippen LogP contribution in [0.2, 0.25) is 0 Å². The highest BCUT2D eigenvalue weighted by Crippen LogP contribution is 2.52. The summed E-state index contributed by atoms with van der Waals surface area (Å²) in [5, 5.41) is 49.5. The zero-order valence-corrected chi connectivity index (χ0v) is 25.7. The van der Waals surface area contributed by atoms with Crippen LogP contribution in [0.3, 0.4) is 0 Å². The van der Waals surface area contributed by atoms with Crippen LogP contribution < -0.4 is 10.6 Å². The largest absolute Gasteiger partial charge is 0.507 e. The third-order valence-corrected chi connectivity index (χ3v) is 10.1. The molecule has 6 rings (SSSR count). The third-order valence-electron chi connectivity index (χ3n) is 8.90. The number of nitrogens with zero attached hydrogens (tertiary/aromatic N) is 1. The average molecular weight is 652 g/mol. The lowest BCUT2D eigenvalue weighted by atomic mass is 9.72. The van der Waals surface area contributed by atoms with Crippen LogP contribution in [0.15, 0.2) is 64.6 Å². The summed E-state index contributed by atoms with van der Waals surface area (Å²) in [5.74, 6) is -2.61. The van der Waals surface area contributed by atoms with Gasteiger partial charge in [0.25, 0.3) is 10.0 Å². The van der Waals surface area contributed by atoms with Gasteiger partial charge in [0.2, 0.25) is 0 Å². The van der Waals surface area contributed by atoms with Crippen molar-refractivity contribution < 1.29 is 47.9 Å². The van der Waals surface area contributed by atoms with E-state index in [0.29, 0.717) is 0 Å². The van der Waals surface area contributed by atoms with Crippen molar-refractivity contribution in [2.45, 2.75) is 74.3 Å². The van der Waals surface area contributed by atoms with Gasteiger partial charge in [-0.1, -0.05) is 42.5 Å². The molecule has 3 aliphatic rings. The average Bonchev–Trinajstić information content (AvgIpc) is 3.03. The number of nitrogens with two attached hydrogens (primary N) is 1. The number of aliphatic hydroxyl groups excluding tert-OH is 1. The van der Waals surface area contributed by atoms with E-state index < -0.39 is 86.9 Å². The van der Waals surface area contributed by atoms with E-state index >= 15 is 0 Å². The van der Waals surface area contributed by atoms with Gasteiger partial charge in [-0.3, -0.25) is 9.59 Å². The summed E-state index contributed by atoms with van der Waals surface area (Å²) in [5.41, 5.74) is 3.13. The molecule has 0 bridgehead atoms. The number of hydrogen-bond donors (Lipinski definition) is 6. The second-order valence-corrected chi connectivity index (χ2v) is 13.5. The Morgan fingerprint density at radius 1 is 1.02 bits per heavy atom. The number of fused-ring (bicyclic) bond motifs is 3. The zero-order chi connectivity index (χ0) is 33.1. The number of rotatable bonds is 6. The highest BCUT2D eigenvalue weighted by molar-refractivity contribution is 7.89. The predicted molar refractivity (Wildman–Crippen MR) is 163 cm³/mol. The van der Waals surface area contributed by atoms with Crippen molar-refractivity contribution in [3.63, 3.8) is 0 Å². The first-order chi connectivity index (χ1) is 21.7.